The highest BCUT2D eigenvalue weighted by molar-refractivity contribution is 6.51. The Labute approximate surface area is 177 Å². The van der Waals surface area contributed by atoms with Gasteiger partial charge in [-0.25, -0.2) is 4.39 Å². The molecule has 1 aliphatic rings. The molecule has 0 aliphatic carbocycles. The number of Topliss-reactive ketones (excluding diaryl/α,β-unsaturated/α-hetero) is 1. The van der Waals surface area contributed by atoms with E-state index >= 15 is 0 Å². The molecule has 1 fully saturated rings. The summed E-state index contributed by atoms with van der Waals surface area (Å²) in [5.41, 5.74) is 0.653. The number of aromatic nitrogens is 1. The molecule has 2 heterocycles. The number of aliphatic hydroxyl groups excluding tert-OH is 1. The van der Waals surface area contributed by atoms with Crippen molar-refractivity contribution < 1.29 is 28.3 Å². The highest BCUT2D eigenvalue weighted by Gasteiger charge is 2.48. The maximum atomic E-state index is 13.5. The van der Waals surface area contributed by atoms with Crippen LogP contribution in [0.3, 0.4) is 0 Å². The number of ketones is 1. The number of carbonyl (C=O) groups excluding carboxylic acids is 2. The summed E-state index contributed by atoms with van der Waals surface area (Å²) in [6, 6.07) is 12.4. The van der Waals surface area contributed by atoms with E-state index in [1.165, 1.54) is 30.3 Å². The van der Waals surface area contributed by atoms with Crippen molar-refractivity contribution in [1.29, 1.82) is 0 Å². The van der Waals surface area contributed by atoms with Crippen LogP contribution in [0.2, 0.25) is 0 Å². The molecule has 1 amide bonds. The molecular formula is C23H19FN2O5. The third-order valence-corrected chi connectivity index (χ3v) is 4.93. The van der Waals surface area contributed by atoms with Crippen molar-refractivity contribution in [2.75, 3.05) is 11.5 Å². The predicted molar refractivity (Wildman–Crippen MR) is 110 cm³/mol. The molecule has 1 N–H and O–H groups in total. The summed E-state index contributed by atoms with van der Waals surface area (Å²) in [4.78, 5) is 27.0. The summed E-state index contributed by atoms with van der Waals surface area (Å²) < 4.78 is 24.0. The number of carbonyl (C=O) groups is 2. The first-order valence-corrected chi connectivity index (χ1v) is 9.63. The lowest BCUT2D eigenvalue weighted by atomic mass is 9.95. The Morgan fingerprint density at radius 1 is 1.16 bits per heavy atom. The lowest BCUT2D eigenvalue weighted by Gasteiger charge is -2.22. The van der Waals surface area contributed by atoms with Crippen molar-refractivity contribution in [1.82, 2.24) is 5.16 Å². The molecule has 7 nitrogen and oxygen atoms in total. The normalized spacial score (nSPS) is 17.9. The number of anilines is 1. The minimum Gasteiger partial charge on any atom is -0.507 e. The van der Waals surface area contributed by atoms with Gasteiger partial charge in [0.15, 0.2) is 5.82 Å². The molecule has 8 heteroatoms. The summed E-state index contributed by atoms with van der Waals surface area (Å²) >= 11 is 0. The molecule has 31 heavy (non-hydrogen) atoms. The lowest BCUT2D eigenvalue weighted by molar-refractivity contribution is -0.132. The second-order valence-electron chi connectivity index (χ2n) is 6.97. The Hall–Kier alpha value is -3.94. The van der Waals surface area contributed by atoms with Gasteiger partial charge in [-0.05, 0) is 55.8 Å². The minimum atomic E-state index is -1.00. The molecule has 1 saturated heterocycles. The molecule has 0 saturated carbocycles. The molecular weight excluding hydrogens is 403 g/mol. The van der Waals surface area contributed by atoms with Gasteiger partial charge in [0.25, 0.3) is 5.78 Å². The van der Waals surface area contributed by atoms with Crippen LogP contribution < -0.4 is 9.64 Å². The number of aryl methyl sites for hydroxylation is 1. The number of rotatable bonds is 5. The highest BCUT2D eigenvalue weighted by atomic mass is 19.1. The number of benzene rings is 2. The highest BCUT2D eigenvalue weighted by Crippen LogP contribution is 2.42. The van der Waals surface area contributed by atoms with E-state index in [0.29, 0.717) is 29.2 Å². The number of halogens is 1. The van der Waals surface area contributed by atoms with E-state index in [1.807, 2.05) is 6.92 Å². The zero-order chi connectivity index (χ0) is 22.1. The quantitative estimate of drug-likeness (QED) is 0.377. The van der Waals surface area contributed by atoms with Gasteiger partial charge in [-0.2, -0.15) is 0 Å². The number of amides is 1. The van der Waals surface area contributed by atoms with Gasteiger partial charge >= 0.3 is 5.91 Å². The van der Waals surface area contributed by atoms with Crippen molar-refractivity contribution in [3.05, 3.63) is 82.9 Å². The summed E-state index contributed by atoms with van der Waals surface area (Å²) in [6.07, 6.45) is 0. The van der Waals surface area contributed by atoms with Gasteiger partial charge in [-0.3, -0.25) is 14.5 Å². The topological polar surface area (TPSA) is 92.9 Å². The largest absolute Gasteiger partial charge is 0.507 e. The Balaban J connectivity index is 1.87. The molecule has 4 rings (SSSR count). The minimum absolute atomic E-state index is 0.124. The SMILES string of the molecule is CCOc1ccc(C(O)=C2C(=O)C(=O)N(c3cc(C)on3)[C@@H]2c2ccc(F)cc2)cc1. The third-order valence-electron chi connectivity index (χ3n) is 4.93. The average molecular weight is 422 g/mol. The molecule has 2 aromatic carbocycles. The van der Waals surface area contributed by atoms with Gasteiger partial charge in [0, 0.05) is 11.6 Å². The smallest absolute Gasteiger partial charge is 0.301 e. The molecule has 1 aromatic heterocycles. The first kappa shape index (κ1) is 20.3. The van der Waals surface area contributed by atoms with Gasteiger partial charge in [0.05, 0.1) is 18.2 Å². The van der Waals surface area contributed by atoms with Crippen LogP contribution in [0, 0.1) is 12.7 Å². The van der Waals surface area contributed by atoms with Crippen LogP contribution in [0.1, 0.15) is 29.9 Å². The van der Waals surface area contributed by atoms with E-state index in [0.717, 1.165) is 4.90 Å². The maximum absolute atomic E-state index is 13.5. The predicted octanol–water partition coefficient (Wildman–Crippen LogP) is 4.15. The second-order valence-corrected chi connectivity index (χ2v) is 6.97. The Morgan fingerprint density at radius 2 is 1.84 bits per heavy atom. The van der Waals surface area contributed by atoms with E-state index in [2.05, 4.69) is 5.16 Å². The fourth-order valence-corrected chi connectivity index (χ4v) is 3.53. The zero-order valence-electron chi connectivity index (χ0n) is 16.8. The van der Waals surface area contributed by atoms with Gasteiger partial charge in [-0.15, -0.1) is 0 Å². The molecule has 0 spiro atoms. The summed E-state index contributed by atoms with van der Waals surface area (Å²) in [5.74, 6) is -1.38. The lowest BCUT2D eigenvalue weighted by Crippen LogP contribution is -2.29. The Morgan fingerprint density at radius 3 is 2.42 bits per heavy atom. The van der Waals surface area contributed by atoms with Crippen molar-refractivity contribution in [2.24, 2.45) is 0 Å². The van der Waals surface area contributed by atoms with Crippen LogP contribution in [0.4, 0.5) is 10.2 Å². The third kappa shape index (κ3) is 3.68. The van der Waals surface area contributed by atoms with Crippen molar-refractivity contribution in [2.45, 2.75) is 19.9 Å². The van der Waals surface area contributed by atoms with E-state index < -0.39 is 23.5 Å². The van der Waals surface area contributed by atoms with Crippen LogP contribution in [0.5, 0.6) is 5.75 Å². The van der Waals surface area contributed by atoms with E-state index in [4.69, 9.17) is 9.26 Å². The Kier molecular flexibility index (Phi) is 5.29. The Bertz CT molecular complexity index is 1170. The zero-order valence-corrected chi connectivity index (χ0v) is 16.8. The second kappa shape index (κ2) is 8.06. The monoisotopic (exact) mass is 422 g/mol. The summed E-state index contributed by atoms with van der Waals surface area (Å²) in [5, 5.41) is 14.9. The number of aliphatic hydroxyl groups is 1. The number of hydrogen-bond donors (Lipinski definition) is 1. The number of nitrogens with zero attached hydrogens (tertiary/aromatic N) is 2. The molecule has 158 valence electrons. The maximum Gasteiger partial charge on any atom is 0.301 e. The van der Waals surface area contributed by atoms with Gasteiger partial charge < -0.3 is 14.4 Å². The summed E-state index contributed by atoms with van der Waals surface area (Å²) in [7, 11) is 0. The van der Waals surface area contributed by atoms with Crippen LogP contribution in [-0.2, 0) is 9.59 Å². The van der Waals surface area contributed by atoms with Gasteiger partial charge in [0.2, 0.25) is 0 Å². The van der Waals surface area contributed by atoms with Crippen molar-refractivity contribution in [3.63, 3.8) is 0 Å². The fraction of sp³-hybridized carbons (Fsp3) is 0.174. The van der Waals surface area contributed by atoms with Crippen LogP contribution in [0.25, 0.3) is 5.76 Å². The molecule has 1 atom stereocenters. The van der Waals surface area contributed by atoms with Crippen LogP contribution in [-0.4, -0.2) is 28.6 Å². The van der Waals surface area contributed by atoms with E-state index in [9.17, 15) is 19.1 Å². The molecule has 1 aliphatic heterocycles. The van der Waals surface area contributed by atoms with Crippen molar-refractivity contribution >= 4 is 23.3 Å². The van der Waals surface area contributed by atoms with Crippen molar-refractivity contribution in [3.8, 4) is 5.75 Å². The standard InChI is InChI=1S/C23H19FN2O5/c1-3-30-17-10-6-15(7-11-17)21(27)19-20(14-4-8-16(24)9-5-14)26(23(29)22(19)28)18-12-13(2)31-25-18/h4-12,20,27H,3H2,1-2H3/t20-/m1/s1. The average Bonchev–Trinajstić information content (AvgIpc) is 3.30. The van der Waals surface area contributed by atoms with Crippen LogP contribution in [0.15, 0.2) is 64.7 Å². The molecule has 0 radical (unpaired) electrons. The summed E-state index contributed by atoms with van der Waals surface area (Å²) in [6.45, 7) is 3.99. The first-order chi connectivity index (χ1) is 14.9. The molecule has 3 aromatic rings. The fourth-order valence-electron chi connectivity index (χ4n) is 3.53. The van der Waals surface area contributed by atoms with Gasteiger partial charge in [0.1, 0.15) is 23.1 Å². The van der Waals surface area contributed by atoms with E-state index in [-0.39, 0.29) is 17.2 Å². The van der Waals surface area contributed by atoms with E-state index in [1.54, 1.807) is 31.2 Å². The molecule has 0 bridgehead atoms. The van der Waals surface area contributed by atoms with Gasteiger partial charge in [-0.1, -0.05) is 17.3 Å². The first-order valence-electron chi connectivity index (χ1n) is 9.63. The molecule has 0 unspecified atom stereocenters. The number of hydrogen-bond acceptors (Lipinski definition) is 6. The van der Waals surface area contributed by atoms with Crippen LogP contribution >= 0.6 is 0 Å². The number of ether oxygens (including phenoxy) is 1.